The van der Waals surface area contributed by atoms with Crippen LogP contribution in [0.15, 0.2) is 24.3 Å². The summed E-state index contributed by atoms with van der Waals surface area (Å²) >= 11 is 0. The number of carbonyl (C=O) groups is 1. The van der Waals surface area contributed by atoms with Crippen molar-refractivity contribution in [1.29, 1.82) is 0 Å². The van der Waals surface area contributed by atoms with Crippen molar-refractivity contribution < 1.29 is 9.90 Å². The summed E-state index contributed by atoms with van der Waals surface area (Å²) in [6.45, 7) is 0.504. The number of phenols is 1. The Morgan fingerprint density at radius 2 is 2.27 bits per heavy atom. The second-order valence-corrected chi connectivity index (χ2v) is 4.02. The predicted molar refractivity (Wildman–Crippen MR) is 57.3 cm³/mol. The van der Waals surface area contributed by atoms with Gasteiger partial charge in [-0.05, 0) is 30.5 Å². The average molecular weight is 205 g/mol. The molecule has 0 aliphatic heterocycles. The minimum absolute atomic E-state index is 0.143. The molecule has 0 saturated heterocycles. The smallest absolute Gasteiger partial charge is 0.223 e. The largest absolute Gasteiger partial charge is 0.508 e. The van der Waals surface area contributed by atoms with Gasteiger partial charge >= 0.3 is 0 Å². The Hall–Kier alpha value is -1.51. The number of hydrogen-bond acceptors (Lipinski definition) is 2. The van der Waals surface area contributed by atoms with Crippen molar-refractivity contribution in [2.24, 2.45) is 5.92 Å². The van der Waals surface area contributed by atoms with E-state index in [2.05, 4.69) is 5.32 Å². The first-order valence-corrected chi connectivity index (χ1v) is 5.31. The zero-order chi connectivity index (χ0) is 10.7. The number of rotatable bonds is 3. The first-order valence-electron chi connectivity index (χ1n) is 5.31. The third-order valence-corrected chi connectivity index (χ3v) is 2.85. The molecule has 3 nitrogen and oxygen atoms in total. The Kier molecular flexibility index (Phi) is 2.90. The molecule has 2 N–H and O–H groups in total. The highest BCUT2D eigenvalue weighted by atomic mass is 16.3. The van der Waals surface area contributed by atoms with Gasteiger partial charge in [-0.2, -0.15) is 0 Å². The fraction of sp³-hybridized carbons (Fsp3) is 0.417. The van der Waals surface area contributed by atoms with E-state index >= 15 is 0 Å². The van der Waals surface area contributed by atoms with Crippen LogP contribution < -0.4 is 5.32 Å². The summed E-state index contributed by atoms with van der Waals surface area (Å²) in [6, 6.07) is 6.96. The van der Waals surface area contributed by atoms with Gasteiger partial charge in [0, 0.05) is 12.5 Å². The lowest BCUT2D eigenvalue weighted by atomic mass is 9.85. The molecule has 0 radical (unpaired) electrons. The van der Waals surface area contributed by atoms with Gasteiger partial charge in [-0.3, -0.25) is 4.79 Å². The second kappa shape index (κ2) is 4.34. The molecule has 1 fully saturated rings. The summed E-state index contributed by atoms with van der Waals surface area (Å²) in [5.41, 5.74) is 0.933. The topological polar surface area (TPSA) is 49.3 Å². The molecule has 0 unspecified atom stereocenters. The van der Waals surface area contributed by atoms with Crippen LogP contribution >= 0.6 is 0 Å². The molecule has 1 aliphatic carbocycles. The van der Waals surface area contributed by atoms with Crippen molar-refractivity contribution in [3.8, 4) is 5.75 Å². The molecule has 3 heteroatoms. The highest BCUT2D eigenvalue weighted by Gasteiger charge is 2.24. The molecule has 0 aromatic heterocycles. The summed E-state index contributed by atoms with van der Waals surface area (Å²) in [5.74, 6) is 0.609. The van der Waals surface area contributed by atoms with Gasteiger partial charge in [0.1, 0.15) is 5.75 Å². The molecule has 0 atom stereocenters. The molecule has 1 saturated carbocycles. The van der Waals surface area contributed by atoms with Gasteiger partial charge in [-0.25, -0.2) is 0 Å². The van der Waals surface area contributed by atoms with Crippen molar-refractivity contribution in [2.45, 2.75) is 25.8 Å². The van der Waals surface area contributed by atoms with Crippen LogP contribution in [0.3, 0.4) is 0 Å². The minimum Gasteiger partial charge on any atom is -0.508 e. The number of benzene rings is 1. The van der Waals surface area contributed by atoms with Crippen LogP contribution in [-0.4, -0.2) is 11.0 Å². The zero-order valence-corrected chi connectivity index (χ0v) is 8.57. The molecular weight excluding hydrogens is 190 g/mol. The molecule has 0 spiro atoms. The van der Waals surface area contributed by atoms with E-state index in [1.165, 1.54) is 6.42 Å². The highest BCUT2D eigenvalue weighted by Crippen LogP contribution is 2.26. The van der Waals surface area contributed by atoms with Crippen molar-refractivity contribution in [3.05, 3.63) is 29.8 Å². The van der Waals surface area contributed by atoms with Crippen LogP contribution in [0.5, 0.6) is 5.75 Å². The fourth-order valence-electron chi connectivity index (χ4n) is 1.67. The maximum absolute atomic E-state index is 11.5. The molecule has 15 heavy (non-hydrogen) atoms. The maximum atomic E-state index is 11.5. The molecule has 1 aromatic carbocycles. The number of nitrogens with one attached hydrogen (secondary N) is 1. The minimum atomic E-state index is 0.143. The van der Waals surface area contributed by atoms with Crippen molar-refractivity contribution in [2.75, 3.05) is 0 Å². The number of hydrogen-bond donors (Lipinski definition) is 2. The Morgan fingerprint density at radius 3 is 2.87 bits per heavy atom. The van der Waals surface area contributed by atoms with Crippen molar-refractivity contribution >= 4 is 5.91 Å². The summed E-state index contributed by atoms with van der Waals surface area (Å²) in [4.78, 5) is 11.5. The first-order chi connectivity index (χ1) is 7.25. The molecule has 0 heterocycles. The Labute approximate surface area is 89.1 Å². The zero-order valence-electron chi connectivity index (χ0n) is 8.57. The average Bonchev–Trinajstić information content (AvgIpc) is 2.12. The summed E-state index contributed by atoms with van der Waals surface area (Å²) < 4.78 is 0. The van der Waals surface area contributed by atoms with Crippen LogP contribution in [-0.2, 0) is 11.3 Å². The van der Waals surface area contributed by atoms with Crippen LogP contribution in [0.1, 0.15) is 24.8 Å². The van der Waals surface area contributed by atoms with Crippen LogP contribution in [0, 0.1) is 5.92 Å². The Balaban J connectivity index is 1.84. The third kappa shape index (κ3) is 2.49. The SMILES string of the molecule is O=C(NCc1cccc(O)c1)C1CCC1. The van der Waals surface area contributed by atoms with E-state index < -0.39 is 0 Å². The van der Waals surface area contributed by atoms with Gasteiger partial charge in [0.25, 0.3) is 0 Å². The van der Waals surface area contributed by atoms with Gasteiger partial charge in [0.2, 0.25) is 5.91 Å². The van der Waals surface area contributed by atoms with E-state index in [4.69, 9.17) is 0 Å². The number of phenolic OH excluding ortho intramolecular Hbond substituents is 1. The second-order valence-electron chi connectivity index (χ2n) is 4.02. The lowest BCUT2D eigenvalue weighted by Crippen LogP contribution is -2.33. The quantitative estimate of drug-likeness (QED) is 0.790. The number of aromatic hydroxyl groups is 1. The van der Waals surface area contributed by atoms with E-state index in [0.29, 0.717) is 6.54 Å². The first kappa shape index (κ1) is 10.0. The Morgan fingerprint density at radius 1 is 1.47 bits per heavy atom. The molecule has 1 aliphatic rings. The van der Waals surface area contributed by atoms with Gasteiger partial charge in [-0.15, -0.1) is 0 Å². The number of amides is 1. The van der Waals surface area contributed by atoms with E-state index in [1.54, 1.807) is 18.2 Å². The van der Waals surface area contributed by atoms with E-state index in [1.807, 2.05) is 6.07 Å². The fourth-order valence-corrected chi connectivity index (χ4v) is 1.67. The van der Waals surface area contributed by atoms with Gasteiger partial charge in [-0.1, -0.05) is 18.6 Å². The summed E-state index contributed by atoms with van der Waals surface area (Å²) in [6.07, 6.45) is 3.21. The summed E-state index contributed by atoms with van der Waals surface area (Å²) in [7, 11) is 0. The van der Waals surface area contributed by atoms with Crippen molar-refractivity contribution in [1.82, 2.24) is 5.32 Å². The lowest BCUT2D eigenvalue weighted by Gasteiger charge is -2.24. The van der Waals surface area contributed by atoms with Gasteiger partial charge in [0.15, 0.2) is 0 Å². The van der Waals surface area contributed by atoms with E-state index in [0.717, 1.165) is 18.4 Å². The lowest BCUT2D eigenvalue weighted by molar-refractivity contribution is -0.127. The maximum Gasteiger partial charge on any atom is 0.223 e. The van der Waals surface area contributed by atoms with Crippen LogP contribution in [0.4, 0.5) is 0 Å². The Bertz CT molecular complexity index is 358. The molecule has 80 valence electrons. The van der Waals surface area contributed by atoms with Gasteiger partial charge < -0.3 is 10.4 Å². The van der Waals surface area contributed by atoms with E-state index in [9.17, 15) is 9.90 Å². The highest BCUT2D eigenvalue weighted by molar-refractivity contribution is 5.79. The number of carbonyl (C=O) groups excluding carboxylic acids is 1. The van der Waals surface area contributed by atoms with E-state index in [-0.39, 0.29) is 17.6 Å². The predicted octanol–water partition coefficient (Wildman–Crippen LogP) is 1.81. The molecule has 0 bridgehead atoms. The third-order valence-electron chi connectivity index (χ3n) is 2.85. The molecule has 1 amide bonds. The monoisotopic (exact) mass is 205 g/mol. The molecule has 2 rings (SSSR count). The molecular formula is C12H15NO2. The van der Waals surface area contributed by atoms with Crippen LogP contribution in [0.2, 0.25) is 0 Å². The van der Waals surface area contributed by atoms with Gasteiger partial charge in [0.05, 0.1) is 0 Å². The standard InChI is InChI=1S/C12H15NO2/c14-11-6-1-3-9(7-11)8-13-12(15)10-4-2-5-10/h1,3,6-7,10,14H,2,4-5,8H2,(H,13,15). The van der Waals surface area contributed by atoms with Crippen molar-refractivity contribution in [3.63, 3.8) is 0 Å². The normalized spacial score (nSPS) is 15.7. The molecule has 1 aromatic rings. The summed E-state index contributed by atoms with van der Waals surface area (Å²) in [5, 5.41) is 12.1. The van der Waals surface area contributed by atoms with Crippen LogP contribution in [0.25, 0.3) is 0 Å².